The number of aliphatic hydroxyl groups is 1. The molecule has 236 valence electrons. The molecule has 2 bridgehead atoms. The molecule has 0 aromatic heterocycles. The van der Waals surface area contributed by atoms with Gasteiger partial charge in [-0.3, -0.25) is 0 Å². The van der Waals surface area contributed by atoms with Crippen LogP contribution in [0.1, 0.15) is 52.4 Å². The molecule has 3 aliphatic carbocycles. The van der Waals surface area contributed by atoms with Gasteiger partial charge in [0.1, 0.15) is 18.9 Å². The molecule has 8 atom stereocenters. The van der Waals surface area contributed by atoms with Crippen molar-refractivity contribution >= 4 is 0 Å². The summed E-state index contributed by atoms with van der Waals surface area (Å²) in [5.74, 6) is -18.8. The summed E-state index contributed by atoms with van der Waals surface area (Å²) < 4.78 is 204. The Balaban J connectivity index is 1.82. The fraction of sp³-hybridized carbons (Fsp3) is 1.00. The maximum atomic E-state index is 15.2. The zero-order valence-electron chi connectivity index (χ0n) is 21.0. The second kappa shape index (κ2) is 10.3. The second-order valence-corrected chi connectivity index (χ2v) is 11.2. The first-order chi connectivity index (χ1) is 17.8. The second-order valence-electron chi connectivity index (χ2n) is 11.2. The Kier molecular flexibility index (Phi) is 8.57. The van der Waals surface area contributed by atoms with Crippen molar-refractivity contribution in [3.05, 3.63) is 0 Å². The van der Waals surface area contributed by atoms with Crippen LogP contribution in [0.5, 0.6) is 0 Å². The predicted molar refractivity (Wildman–Crippen MR) is 108 cm³/mol. The first kappa shape index (κ1) is 33.4. The van der Waals surface area contributed by atoms with Gasteiger partial charge < -0.3 is 14.6 Å². The van der Waals surface area contributed by atoms with E-state index in [4.69, 9.17) is 4.74 Å². The highest BCUT2D eigenvalue weighted by Crippen LogP contribution is 2.61. The molecule has 3 aliphatic rings. The van der Waals surface area contributed by atoms with Crippen LogP contribution in [0, 0.1) is 29.6 Å². The lowest BCUT2D eigenvalue weighted by atomic mass is 9.65. The van der Waals surface area contributed by atoms with E-state index in [1.54, 1.807) is 0 Å². The monoisotopic (exact) mass is 618 g/mol. The SMILES string of the molecule is CCC1CC(OCOC2CC3CC(CC(O)(C(F)(F)F)C(F)(F)F)C2C3)(C(F)(F)F)C(F)(F)C(C(C)(F)F)C1F. The van der Waals surface area contributed by atoms with Crippen LogP contribution >= 0.6 is 0 Å². The van der Waals surface area contributed by atoms with E-state index >= 15 is 8.78 Å². The third-order valence-electron chi connectivity index (χ3n) is 8.75. The van der Waals surface area contributed by atoms with E-state index in [9.17, 15) is 57.8 Å². The van der Waals surface area contributed by atoms with E-state index in [0.717, 1.165) is 6.92 Å². The maximum absolute atomic E-state index is 15.2. The van der Waals surface area contributed by atoms with Crippen LogP contribution in [-0.4, -0.2) is 65.8 Å². The highest BCUT2D eigenvalue weighted by Gasteiger charge is 2.80. The van der Waals surface area contributed by atoms with E-state index in [0.29, 0.717) is 0 Å². The molecule has 0 saturated heterocycles. The first-order valence-corrected chi connectivity index (χ1v) is 12.4. The smallest absolute Gasteiger partial charge is 0.374 e. The molecule has 0 radical (unpaired) electrons. The van der Waals surface area contributed by atoms with Gasteiger partial charge in [0.25, 0.3) is 17.4 Å². The normalized spacial score (nSPS) is 37.3. The number of fused-ring (bicyclic) bond motifs is 2. The van der Waals surface area contributed by atoms with Gasteiger partial charge in [0.2, 0.25) is 5.60 Å². The molecule has 3 rings (SSSR count). The van der Waals surface area contributed by atoms with Gasteiger partial charge in [0, 0.05) is 0 Å². The summed E-state index contributed by atoms with van der Waals surface area (Å²) in [5.41, 5.74) is -9.68. The van der Waals surface area contributed by atoms with E-state index in [1.807, 2.05) is 0 Å². The Morgan fingerprint density at radius 2 is 1.40 bits per heavy atom. The molecule has 0 spiro atoms. The molecule has 0 aromatic rings. The summed E-state index contributed by atoms with van der Waals surface area (Å²) >= 11 is 0. The summed E-state index contributed by atoms with van der Waals surface area (Å²) in [6, 6.07) is 0. The van der Waals surface area contributed by atoms with Gasteiger partial charge in [-0.1, -0.05) is 13.3 Å². The summed E-state index contributed by atoms with van der Waals surface area (Å²) in [6.45, 7) is -0.665. The Bertz CT molecular complexity index is 881. The Labute approximate surface area is 219 Å². The average Bonchev–Trinajstić information content (AvgIpc) is 3.31. The summed E-state index contributed by atoms with van der Waals surface area (Å²) in [6.07, 6.45) is -26.9. The zero-order chi connectivity index (χ0) is 30.9. The first-order valence-electron chi connectivity index (χ1n) is 12.4. The molecule has 0 aliphatic heterocycles. The van der Waals surface area contributed by atoms with Crippen molar-refractivity contribution in [3.8, 4) is 0 Å². The van der Waals surface area contributed by atoms with Crippen LogP contribution in [-0.2, 0) is 9.47 Å². The molecule has 1 N–H and O–H groups in total. The van der Waals surface area contributed by atoms with Crippen molar-refractivity contribution in [2.75, 3.05) is 6.79 Å². The molecule has 40 heavy (non-hydrogen) atoms. The molecule has 0 heterocycles. The summed E-state index contributed by atoms with van der Waals surface area (Å²) in [4.78, 5) is 0. The van der Waals surface area contributed by atoms with Gasteiger partial charge in [0.05, 0.1) is 6.10 Å². The number of halogens is 14. The van der Waals surface area contributed by atoms with Crippen LogP contribution in [0.2, 0.25) is 0 Å². The minimum atomic E-state index is -6.10. The predicted octanol–water partition coefficient (Wildman–Crippen LogP) is 7.61. The van der Waals surface area contributed by atoms with Gasteiger partial charge in [-0.15, -0.1) is 0 Å². The van der Waals surface area contributed by atoms with Crippen LogP contribution < -0.4 is 0 Å². The van der Waals surface area contributed by atoms with Gasteiger partial charge in [-0.05, 0) is 62.7 Å². The van der Waals surface area contributed by atoms with Crippen LogP contribution in [0.25, 0.3) is 0 Å². The van der Waals surface area contributed by atoms with Gasteiger partial charge in [0.15, 0.2) is 0 Å². The quantitative estimate of drug-likeness (QED) is 0.225. The third-order valence-corrected chi connectivity index (χ3v) is 8.75. The largest absolute Gasteiger partial charge is 0.426 e. The molecule has 17 heteroatoms. The summed E-state index contributed by atoms with van der Waals surface area (Å²) in [5, 5.41) is 9.53. The molecule has 0 aromatic carbocycles. The number of alkyl halides is 14. The zero-order valence-corrected chi connectivity index (χ0v) is 21.0. The Morgan fingerprint density at radius 3 is 1.82 bits per heavy atom. The Hall–Kier alpha value is -1.10. The van der Waals surface area contributed by atoms with Crippen molar-refractivity contribution in [3.63, 3.8) is 0 Å². The van der Waals surface area contributed by atoms with Crippen molar-refractivity contribution in [1.29, 1.82) is 0 Å². The molecular formula is C23H28F14O3. The fourth-order valence-electron chi connectivity index (χ4n) is 6.70. The lowest BCUT2D eigenvalue weighted by Crippen LogP contribution is -2.71. The fourth-order valence-corrected chi connectivity index (χ4v) is 6.70. The van der Waals surface area contributed by atoms with Gasteiger partial charge in [-0.25, -0.2) is 22.0 Å². The molecule has 0 amide bonds. The highest BCUT2D eigenvalue weighted by atomic mass is 19.4. The van der Waals surface area contributed by atoms with E-state index in [2.05, 4.69) is 4.74 Å². The van der Waals surface area contributed by atoms with Gasteiger partial charge >= 0.3 is 18.5 Å². The van der Waals surface area contributed by atoms with E-state index in [1.165, 1.54) is 0 Å². The third kappa shape index (κ3) is 5.39. The minimum Gasteiger partial charge on any atom is -0.374 e. The van der Waals surface area contributed by atoms with Crippen LogP contribution in [0.3, 0.4) is 0 Å². The molecule has 3 saturated carbocycles. The van der Waals surface area contributed by atoms with Crippen molar-refractivity contribution in [2.24, 2.45) is 29.6 Å². The van der Waals surface area contributed by atoms with Crippen molar-refractivity contribution in [1.82, 2.24) is 0 Å². The molecule has 8 unspecified atom stereocenters. The van der Waals surface area contributed by atoms with Crippen LogP contribution in [0.4, 0.5) is 61.5 Å². The van der Waals surface area contributed by atoms with Crippen molar-refractivity contribution < 1.29 is 76.0 Å². The standard InChI is InChI=1S/C23H28F14O3/c1-3-11-8-19(23(35,36)37,20(27,28)16(15(11)24)17(2,25)26)40-9-39-14-6-10-4-12(13(14)5-10)7-18(38,21(29,30)31)22(32,33)34/h10-16,38H,3-9H2,1-2H3. The lowest BCUT2D eigenvalue weighted by molar-refractivity contribution is -0.407. The number of ether oxygens (including phenoxy) is 2. The van der Waals surface area contributed by atoms with Crippen molar-refractivity contribution in [2.45, 2.75) is 106 Å². The number of rotatable bonds is 8. The molecular weight excluding hydrogens is 590 g/mol. The van der Waals surface area contributed by atoms with Crippen LogP contribution in [0.15, 0.2) is 0 Å². The molecule has 3 nitrogen and oxygen atoms in total. The summed E-state index contributed by atoms with van der Waals surface area (Å²) in [7, 11) is 0. The minimum absolute atomic E-state index is 0.00667. The van der Waals surface area contributed by atoms with E-state index in [-0.39, 0.29) is 26.2 Å². The average molecular weight is 618 g/mol. The van der Waals surface area contributed by atoms with E-state index < -0.39 is 109 Å². The number of hydrogen-bond acceptors (Lipinski definition) is 3. The highest BCUT2D eigenvalue weighted by molar-refractivity contribution is 5.14. The topological polar surface area (TPSA) is 38.7 Å². The molecule has 3 fully saturated rings. The maximum Gasteiger partial charge on any atom is 0.426 e. The lowest BCUT2D eigenvalue weighted by Gasteiger charge is -2.52. The number of hydrogen-bond donors (Lipinski definition) is 1. The Morgan fingerprint density at radius 1 is 0.850 bits per heavy atom. The van der Waals surface area contributed by atoms with Gasteiger partial charge in [-0.2, -0.15) is 39.5 Å².